The van der Waals surface area contributed by atoms with Crippen molar-refractivity contribution in [1.29, 1.82) is 0 Å². The Balaban J connectivity index is 2.53. The molecule has 0 heterocycles. The van der Waals surface area contributed by atoms with Crippen LogP contribution in [0.1, 0.15) is 45.1 Å². The van der Waals surface area contributed by atoms with Crippen molar-refractivity contribution in [2.45, 2.75) is 46.1 Å². The van der Waals surface area contributed by atoms with Crippen molar-refractivity contribution in [1.82, 2.24) is 5.32 Å². The van der Waals surface area contributed by atoms with E-state index in [2.05, 4.69) is 12.2 Å². The molecule has 0 bridgehead atoms. The molecule has 1 N–H and O–H groups in total. The summed E-state index contributed by atoms with van der Waals surface area (Å²) in [6.45, 7) is 6.54. The Morgan fingerprint density at radius 1 is 1.10 bits per heavy atom. The zero-order valence-electron chi connectivity index (χ0n) is 12.8. The van der Waals surface area contributed by atoms with E-state index in [1.54, 1.807) is 7.11 Å². The van der Waals surface area contributed by atoms with Crippen molar-refractivity contribution in [3.8, 4) is 11.5 Å². The van der Waals surface area contributed by atoms with Crippen LogP contribution >= 0.6 is 11.6 Å². The SMILES string of the molecule is CCCCCCNCc1cc(OC)c(OCC)cc1Cl. The Labute approximate surface area is 127 Å². The first-order valence-corrected chi connectivity index (χ1v) is 7.80. The third kappa shape index (κ3) is 5.59. The summed E-state index contributed by atoms with van der Waals surface area (Å²) in [4.78, 5) is 0. The normalized spacial score (nSPS) is 10.6. The Morgan fingerprint density at radius 2 is 1.90 bits per heavy atom. The largest absolute Gasteiger partial charge is 0.493 e. The fourth-order valence-electron chi connectivity index (χ4n) is 2.04. The number of methoxy groups -OCH3 is 1. The van der Waals surface area contributed by atoms with Gasteiger partial charge in [0.05, 0.1) is 13.7 Å². The molecule has 1 aromatic carbocycles. The van der Waals surface area contributed by atoms with E-state index in [1.807, 2.05) is 19.1 Å². The molecule has 1 rings (SSSR count). The van der Waals surface area contributed by atoms with E-state index in [0.717, 1.165) is 29.4 Å². The van der Waals surface area contributed by atoms with Crippen molar-refractivity contribution in [2.24, 2.45) is 0 Å². The Morgan fingerprint density at radius 3 is 2.55 bits per heavy atom. The molecule has 0 aliphatic rings. The minimum absolute atomic E-state index is 0.599. The molecule has 0 saturated carbocycles. The van der Waals surface area contributed by atoms with Gasteiger partial charge < -0.3 is 14.8 Å². The molecule has 0 unspecified atom stereocenters. The summed E-state index contributed by atoms with van der Waals surface area (Å²) in [6, 6.07) is 3.78. The highest BCUT2D eigenvalue weighted by molar-refractivity contribution is 6.31. The molecular formula is C16H26ClNO2. The van der Waals surface area contributed by atoms with Gasteiger partial charge in [0.1, 0.15) is 0 Å². The van der Waals surface area contributed by atoms with Crippen molar-refractivity contribution < 1.29 is 9.47 Å². The predicted octanol–water partition coefficient (Wildman–Crippen LogP) is 4.42. The molecule has 4 heteroatoms. The monoisotopic (exact) mass is 299 g/mol. The number of unbranched alkanes of at least 4 members (excludes halogenated alkanes) is 3. The fourth-order valence-corrected chi connectivity index (χ4v) is 2.26. The van der Waals surface area contributed by atoms with Crippen LogP contribution in [0, 0.1) is 0 Å². The van der Waals surface area contributed by atoms with Crippen LogP contribution in [0.3, 0.4) is 0 Å². The molecule has 0 amide bonds. The van der Waals surface area contributed by atoms with Gasteiger partial charge in [-0.1, -0.05) is 37.8 Å². The first kappa shape index (κ1) is 17.1. The molecule has 1 aromatic rings. The highest BCUT2D eigenvalue weighted by Crippen LogP contribution is 2.33. The number of nitrogens with one attached hydrogen (secondary N) is 1. The van der Waals surface area contributed by atoms with Crippen LogP contribution in [-0.2, 0) is 6.54 Å². The minimum atomic E-state index is 0.599. The molecule has 0 fully saturated rings. The summed E-state index contributed by atoms with van der Waals surface area (Å²) in [5.74, 6) is 1.44. The third-order valence-electron chi connectivity index (χ3n) is 3.16. The van der Waals surface area contributed by atoms with Gasteiger partial charge in [0.25, 0.3) is 0 Å². The maximum Gasteiger partial charge on any atom is 0.162 e. The lowest BCUT2D eigenvalue weighted by molar-refractivity contribution is 0.310. The van der Waals surface area contributed by atoms with Gasteiger partial charge in [-0.25, -0.2) is 0 Å². The average Bonchev–Trinajstić information content (AvgIpc) is 2.45. The van der Waals surface area contributed by atoms with E-state index in [1.165, 1.54) is 25.7 Å². The number of hydrogen-bond donors (Lipinski definition) is 1. The number of hydrogen-bond acceptors (Lipinski definition) is 3. The minimum Gasteiger partial charge on any atom is -0.493 e. The van der Waals surface area contributed by atoms with Gasteiger partial charge in [0.15, 0.2) is 11.5 Å². The van der Waals surface area contributed by atoms with E-state index < -0.39 is 0 Å². The molecule has 114 valence electrons. The van der Waals surface area contributed by atoms with Crippen molar-refractivity contribution >= 4 is 11.6 Å². The summed E-state index contributed by atoms with van der Waals surface area (Å²) in [5.41, 5.74) is 1.04. The quantitative estimate of drug-likeness (QED) is 0.649. The number of halogens is 1. The summed E-state index contributed by atoms with van der Waals surface area (Å²) < 4.78 is 10.8. The van der Waals surface area contributed by atoms with Crippen LogP contribution in [0.25, 0.3) is 0 Å². The molecule has 0 radical (unpaired) electrons. The van der Waals surface area contributed by atoms with Gasteiger partial charge >= 0.3 is 0 Å². The summed E-state index contributed by atoms with van der Waals surface area (Å²) in [6.07, 6.45) is 5.06. The van der Waals surface area contributed by atoms with E-state index in [4.69, 9.17) is 21.1 Å². The van der Waals surface area contributed by atoms with Gasteiger partial charge in [-0.15, -0.1) is 0 Å². The van der Waals surface area contributed by atoms with Crippen LogP contribution in [0.4, 0.5) is 0 Å². The Hall–Kier alpha value is -0.930. The third-order valence-corrected chi connectivity index (χ3v) is 3.51. The fraction of sp³-hybridized carbons (Fsp3) is 0.625. The zero-order valence-corrected chi connectivity index (χ0v) is 13.6. The Bertz CT molecular complexity index is 396. The first-order valence-electron chi connectivity index (χ1n) is 7.42. The second kappa shape index (κ2) is 9.89. The van der Waals surface area contributed by atoms with Crippen LogP contribution < -0.4 is 14.8 Å². The molecule has 3 nitrogen and oxygen atoms in total. The lowest BCUT2D eigenvalue weighted by atomic mass is 10.2. The van der Waals surface area contributed by atoms with Gasteiger partial charge in [-0.05, 0) is 31.5 Å². The van der Waals surface area contributed by atoms with Crippen molar-refractivity contribution in [3.63, 3.8) is 0 Å². The van der Waals surface area contributed by atoms with E-state index in [0.29, 0.717) is 12.4 Å². The maximum absolute atomic E-state index is 6.28. The molecule has 0 aromatic heterocycles. The van der Waals surface area contributed by atoms with Crippen LogP contribution in [0.2, 0.25) is 5.02 Å². The average molecular weight is 300 g/mol. The smallest absolute Gasteiger partial charge is 0.162 e. The van der Waals surface area contributed by atoms with Crippen molar-refractivity contribution in [3.05, 3.63) is 22.7 Å². The van der Waals surface area contributed by atoms with Crippen LogP contribution in [-0.4, -0.2) is 20.3 Å². The standard InChI is InChI=1S/C16H26ClNO2/c1-4-6-7-8-9-18-12-13-10-15(19-3)16(20-5-2)11-14(13)17/h10-11,18H,4-9,12H2,1-3H3. The highest BCUT2D eigenvalue weighted by atomic mass is 35.5. The van der Waals surface area contributed by atoms with Gasteiger partial charge in [-0.2, -0.15) is 0 Å². The molecule has 0 saturated heterocycles. The lowest BCUT2D eigenvalue weighted by Gasteiger charge is -2.13. The van der Waals surface area contributed by atoms with E-state index in [9.17, 15) is 0 Å². The van der Waals surface area contributed by atoms with Gasteiger partial charge in [-0.3, -0.25) is 0 Å². The molecule has 20 heavy (non-hydrogen) atoms. The molecule has 0 spiro atoms. The van der Waals surface area contributed by atoms with Crippen LogP contribution in [0.15, 0.2) is 12.1 Å². The highest BCUT2D eigenvalue weighted by Gasteiger charge is 2.09. The zero-order chi connectivity index (χ0) is 14.8. The predicted molar refractivity (Wildman–Crippen MR) is 85.0 cm³/mol. The first-order chi connectivity index (χ1) is 9.72. The van der Waals surface area contributed by atoms with E-state index >= 15 is 0 Å². The second-order valence-corrected chi connectivity index (χ2v) is 5.17. The maximum atomic E-state index is 6.28. The van der Waals surface area contributed by atoms with Gasteiger partial charge in [0.2, 0.25) is 0 Å². The molecule has 0 atom stereocenters. The molecular weight excluding hydrogens is 274 g/mol. The van der Waals surface area contributed by atoms with Gasteiger partial charge in [0, 0.05) is 17.6 Å². The summed E-state index contributed by atoms with van der Waals surface area (Å²) in [5, 5.41) is 4.14. The Kier molecular flexibility index (Phi) is 8.47. The number of rotatable bonds is 10. The molecule has 0 aliphatic carbocycles. The van der Waals surface area contributed by atoms with Crippen molar-refractivity contribution in [2.75, 3.05) is 20.3 Å². The van der Waals surface area contributed by atoms with E-state index in [-0.39, 0.29) is 0 Å². The topological polar surface area (TPSA) is 30.5 Å². The number of benzene rings is 1. The van der Waals surface area contributed by atoms with Crippen LogP contribution in [0.5, 0.6) is 11.5 Å². The summed E-state index contributed by atoms with van der Waals surface area (Å²) >= 11 is 6.28. The number of ether oxygens (including phenoxy) is 2. The summed E-state index contributed by atoms with van der Waals surface area (Å²) in [7, 11) is 1.65. The second-order valence-electron chi connectivity index (χ2n) is 4.76. The molecule has 0 aliphatic heterocycles. The lowest BCUT2D eigenvalue weighted by Crippen LogP contribution is -2.15.